The molecule has 0 radical (unpaired) electrons. The number of likely N-dealkylation sites (tertiary alicyclic amines) is 1. The first-order valence-electron chi connectivity index (χ1n) is 17.4. The number of ether oxygens (including phenoxy) is 5. The van der Waals surface area contributed by atoms with Crippen LogP contribution in [0.5, 0.6) is 11.6 Å². The molecule has 3 atom stereocenters. The molecule has 0 bridgehead atoms. The van der Waals surface area contributed by atoms with Crippen LogP contribution < -0.4 is 9.47 Å². The summed E-state index contributed by atoms with van der Waals surface area (Å²) in [5.41, 5.74) is -3.09. The summed E-state index contributed by atoms with van der Waals surface area (Å²) in [6.45, 7) is 6.48. The molecule has 1 saturated carbocycles. The molecule has 7 rings (SSSR count). The van der Waals surface area contributed by atoms with Gasteiger partial charge in [0.05, 0.1) is 23.2 Å². The first-order valence-corrected chi connectivity index (χ1v) is 17.8. The molecule has 13 heteroatoms. The fraction of sp³-hybridized carbons (Fsp3) is 0.500. The number of carbonyl (C=O) groups is 2. The van der Waals surface area contributed by atoms with Crippen LogP contribution in [-0.2, 0) is 26.2 Å². The summed E-state index contributed by atoms with van der Waals surface area (Å²) >= 11 is 6.67. The molecular formula is C38H41ClF2N2O8. The number of amides is 1. The maximum Gasteiger partial charge on any atom is 0.410 e. The Morgan fingerprint density at radius 2 is 1.86 bits per heavy atom. The van der Waals surface area contributed by atoms with Gasteiger partial charge in [-0.05, 0) is 71.3 Å². The number of hydrogen-bond donors (Lipinski definition) is 1. The highest BCUT2D eigenvalue weighted by Crippen LogP contribution is 2.54. The van der Waals surface area contributed by atoms with Crippen molar-refractivity contribution in [2.45, 2.75) is 101 Å². The Hall–Kier alpha value is -4.00. The maximum absolute atomic E-state index is 16.8. The molecule has 272 valence electrons. The normalized spacial score (nSPS) is 23.8. The molecule has 3 aromatic rings. The van der Waals surface area contributed by atoms with Crippen molar-refractivity contribution in [3.05, 3.63) is 75.9 Å². The van der Waals surface area contributed by atoms with Gasteiger partial charge in [0.25, 0.3) is 5.88 Å². The maximum atomic E-state index is 16.8. The molecule has 1 unspecified atom stereocenters. The van der Waals surface area contributed by atoms with E-state index in [1.807, 2.05) is 30.3 Å². The van der Waals surface area contributed by atoms with Gasteiger partial charge in [0, 0.05) is 48.5 Å². The Morgan fingerprint density at radius 1 is 1.10 bits per heavy atom. The number of rotatable bonds is 9. The second-order valence-electron chi connectivity index (χ2n) is 14.8. The minimum atomic E-state index is -1.49. The van der Waals surface area contributed by atoms with Gasteiger partial charge in [-0.25, -0.2) is 23.4 Å². The lowest BCUT2D eigenvalue weighted by Crippen LogP contribution is -2.53. The van der Waals surface area contributed by atoms with Gasteiger partial charge in [-0.15, -0.1) is 0 Å². The van der Waals surface area contributed by atoms with Crippen LogP contribution in [0, 0.1) is 11.6 Å². The molecule has 2 aromatic carbocycles. The van der Waals surface area contributed by atoms with Crippen molar-refractivity contribution < 1.29 is 47.2 Å². The number of nitrogens with zero attached hydrogens (tertiary/aromatic N) is 2. The van der Waals surface area contributed by atoms with Crippen molar-refractivity contribution >= 4 is 23.7 Å². The molecule has 1 amide bonds. The van der Waals surface area contributed by atoms with Crippen molar-refractivity contribution in [2.75, 3.05) is 19.8 Å². The second-order valence-corrected chi connectivity index (χ2v) is 15.1. The minimum Gasteiger partial charge on any atom is -0.480 e. The average molecular weight is 727 g/mol. The van der Waals surface area contributed by atoms with Crippen molar-refractivity contribution in [3.8, 4) is 22.8 Å². The van der Waals surface area contributed by atoms with E-state index in [9.17, 15) is 14.7 Å². The van der Waals surface area contributed by atoms with Crippen molar-refractivity contribution in [2.24, 2.45) is 0 Å². The summed E-state index contributed by atoms with van der Waals surface area (Å²) in [6, 6.07) is 9.76. The molecule has 1 aliphatic carbocycles. The van der Waals surface area contributed by atoms with E-state index in [-0.39, 0.29) is 30.6 Å². The van der Waals surface area contributed by atoms with Crippen LogP contribution in [0.3, 0.4) is 0 Å². The SMILES string of the molecule is CC(C)(C)OC(=O)N1CCC[C@H]1[C@@]1(c2ccccc2)Cc2c(cc(F)c(Cl)c2-c2c(C(=O)O)cnc(OC3(COC4CCCCO4)CC3)c2F)O1. The number of carbonyl (C=O) groups excluding carboxylic acids is 1. The second kappa shape index (κ2) is 13.5. The van der Waals surface area contributed by atoms with E-state index in [1.54, 1.807) is 25.7 Å². The van der Waals surface area contributed by atoms with Gasteiger partial charge in [0.2, 0.25) is 0 Å². The molecule has 4 heterocycles. The fourth-order valence-corrected chi connectivity index (χ4v) is 7.63. The van der Waals surface area contributed by atoms with Crippen LogP contribution in [0.1, 0.15) is 87.2 Å². The third-order valence-electron chi connectivity index (χ3n) is 9.96. The van der Waals surface area contributed by atoms with Gasteiger partial charge in [-0.3, -0.25) is 0 Å². The van der Waals surface area contributed by atoms with Crippen molar-refractivity contribution in [3.63, 3.8) is 0 Å². The third kappa shape index (κ3) is 6.85. The van der Waals surface area contributed by atoms with E-state index < -0.39 is 68.6 Å². The molecule has 10 nitrogen and oxygen atoms in total. The highest BCUT2D eigenvalue weighted by molar-refractivity contribution is 6.34. The van der Waals surface area contributed by atoms with Crippen LogP contribution in [-0.4, -0.2) is 70.3 Å². The standard InChI is InChI=1S/C38H41ClF2N2O8/c1-36(2,3)51-35(46)43-16-9-12-27(43)38(22-10-5-4-6-11-22)19-23-26(49-38)18-25(40)31(39)29(23)30-24(34(44)45)20-42-33(32(30)41)50-37(14-15-37)21-48-28-13-7-8-17-47-28/h4-6,10-11,18,20,27-28H,7-9,12-17,19,21H2,1-3H3,(H,44,45)/t27-,28?,38-/m0/s1. The van der Waals surface area contributed by atoms with Crippen LogP contribution in [0.4, 0.5) is 13.6 Å². The smallest absolute Gasteiger partial charge is 0.410 e. The molecule has 1 N–H and O–H groups in total. The van der Waals surface area contributed by atoms with Crippen LogP contribution in [0.15, 0.2) is 42.6 Å². The number of benzene rings is 2. The number of aromatic nitrogens is 1. The van der Waals surface area contributed by atoms with Gasteiger partial charge in [0.15, 0.2) is 17.7 Å². The number of carboxylic acids is 1. The number of pyridine rings is 1. The first-order chi connectivity index (χ1) is 24.3. The highest BCUT2D eigenvalue weighted by atomic mass is 35.5. The Balaban J connectivity index is 1.30. The van der Waals surface area contributed by atoms with Gasteiger partial charge in [-0.1, -0.05) is 41.9 Å². The monoisotopic (exact) mass is 726 g/mol. The van der Waals surface area contributed by atoms with Crippen LogP contribution in [0.2, 0.25) is 5.02 Å². The lowest BCUT2D eigenvalue weighted by molar-refractivity contribution is -0.176. The minimum absolute atomic E-state index is 0.0157. The molecule has 4 aliphatic rings. The van der Waals surface area contributed by atoms with Gasteiger partial charge in [0.1, 0.15) is 22.8 Å². The van der Waals surface area contributed by atoms with Crippen molar-refractivity contribution in [1.29, 1.82) is 0 Å². The molecule has 1 aromatic heterocycles. The van der Waals surface area contributed by atoms with Crippen LogP contribution in [0.25, 0.3) is 11.1 Å². The number of halogens is 3. The number of carboxylic acid groups (broad SMARTS) is 1. The summed E-state index contributed by atoms with van der Waals surface area (Å²) in [5.74, 6) is -3.91. The van der Waals surface area contributed by atoms with E-state index in [4.69, 9.17) is 35.3 Å². The summed E-state index contributed by atoms with van der Waals surface area (Å²) < 4.78 is 62.9. The number of aromatic carboxylic acids is 1. The molecule has 3 aliphatic heterocycles. The average Bonchev–Trinajstić information content (AvgIpc) is 3.48. The molecule has 0 spiro atoms. The summed E-state index contributed by atoms with van der Waals surface area (Å²) in [5, 5.41) is 9.78. The van der Waals surface area contributed by atoms with E-state index >= 15 is 8.78 Å². The molecule has 2 saturated heterocycles. The predicted molar refractivity (Wildman–Crippen MR) is 182 cm³/mol. The number of hydrogen-bond acceptors (Lipinski definition) is 8. The van der Waals surface area contributed by atoms with Crippen molar-refractivity contribution in [1.82, 2.24) is 9.88 Å². The Morgan fingerprint density at radius 3 is 2.53 bits per heavy atom. The Kier molecular flexibility index (Phi) is 9.39. The lowest BCUT2D eigenvalue weighted by atomic mass is 9.80. The van der Waals surface area contributed by atoms with Gasteiger partial charge in [-0.2, -0.15) is 0 Å². The first kappa shape index (κ1) is 35.4. The molecule has 3 fully saturated rings. The van der Waals surface area contributed by atoms with E-state index in [0.717, 1.165) is 31.5 Å². The van der Waals surface area contributed by atoms with E-state index in [2.05, 4.69) is 4.98 Å². The Bertz CT molecular complexity index is 1830. The molecule has 51 heavy (non-hydrogen) atoms. The summed E-state index contributed by atoms with van der Waals surface area (Å²) in [6.07, 6.45) is 5.10. The zero-order valence-corrected chi connectivity index (χ0v) is 29.6. The zero-order valence-electron chi connectivity index (χ0n) is 28.8. The van der Waals surface area contributed by atoms with Crippen LogP contribution >= 0.6 is 11.6 Å². The largest absolute Gasteiger partial charge is 0.480 e. The van der Waals surface area contributed by atoms with E-state index in [0.29, 0.717) is 50.0 Å². The molecular weight excluding hydrogens is 686 g/mol. The van der Waals surface area contributed by atoms with Gasteiger partial charge >= 0.3 is 12.1 Å². The highest BCUT2D eigenvalue weighted by Gasteiger charge is 2.55. The topological polar surface area (TPSA) is 117 Å². The quantitative estimate of drug-likeness (QED) is 0.234. The summed E-state index contributed by atoms with van der Waals surface area (Å²) in [4.78, 5) is 31.8. The predicted octanol–water partition coefficient (Wildman–Crippen LogP) is 8.06. The Labute approximate surface area is 299 Å². The van der Waals surface area contributed by atoms with E-state index in [1.165, 1.54) is 0 Å². The zero-order chi connectivity index (χ0) is 36.1. The number of fused-ring (bicyclic) bond motifs is 1. The summed E-state index contributed by atoms with van der Waals surface area (Å²) in [7, 11) is 0. The fourth-order valence-electron chi connectivity index (χ4n) is 7.37. The van der Waals surface area contributed by atoms with Gasteiger partial charge < -0.3 is 33.7 Å². The lowest BCUT2D eigenvalue weighted by Gasteiger charge is -2.40. The third-order valence-corrected chi connectivity index (χ3v) is 10.3.